The van der Waals surface area contributed by atoms with Crippen molar-refractivity contribution in [2.75, 3.05) is 7.11 Å². The Morgan fingerprint density at radius 3 is 2.89 bits per heavy atom. The molecule has 2 aromatic rings. The van der Waals surface area contributed by atoms with Crippen molar-refractivity contribution in [1.82, 2.24) is 9.55 Å². The van der Waals surface area contributed by atoms with E-state index >= 15 is 0 Å². The van der Waals surface area contributed by atoms with Crippen molar-refractivity contribution in [3.05, 3.63) is 27.1 Å². The first-order valence-corrected chi connectivity index (χ1v) is 6.21. The first-order valence-electron chi connectivity index (χ1n) is 5.33. The molecule has 0 unspecified atom stereocenters. The van der Waals surface area contributed by atoms with Crippen LogP contribution >= 0.6 is 11.3 Å². The number of methoxy groups -OCH3 is 1. The van der Waals surface area contributed by atoms with Crippen LogP contribution in [0.3, 0.4) is 0 Å². The van der Waals surface area contributed by atoms with Crippen molar-refractivity contribution in [3.8, 4) is 0 Å². The molecule has 0 aliphatic rings. The van der Waals surface area contributed by atoms with Gasteiger partial charge in [0, 0.05) is 18.9 Å². The summed E-state index contributed by atoms with van der Waals surface area (Å²) in [6.45, 7) is 1.95. The highest BCUT2D eigenvalue weighted by atomic mass is 32.1. The number of carboxylic acid groups (broad SMARTS) is 1. The van der Waals surface area contributed by atoms with Gasteiger partial charge in [-0.3, -0.25) is 9.36 Å². The molecule has 1 N–H and O–H groups in total. The topological polar surface area (TPSA) is 81.4 Å². The lowest BCUT2D eigenvalue weighted by Crippen LogP contribution is -2.26. The number of nitrogens with zero attached hydrogens (tertiary/aromatic N) is 2. The number of thiophene rings is 1. The monoisotopic (exact) mass is 268 g/mol. The van der Waals surface area contributed by atoms with E-state index in [0.29, 0.717) is 17.1 Å². The minimum atomic E-state index is -1.12. The fraction of sp³-hybridized carbons (Fsp3) is 0.364. The van der Waals surface area contributed by atoms with Gasteiger partial charge in [0.15, 0.2) is 0 Å². The number of ether oxygens (including phenoxy) is 1. The molecule has 7 heteroatoms. The quantitative estimate of drug-likeness (QED) is 0.904. The minimum absolute atomic E-state index is 0.00000567. The second-order valence-corrected chi connectivity index (χ2v) is 4.53. The van der Waals surface area contributed by atoms with E-state index in [1.807, 2.05) is 6.92 Å². The van der Waals surface area contributed by atoms with E-state index in [-0.39, 0.29) is 23.2 Å². The summed E-state index contributed by atoms with van der Waals surface area (Å²) in [7, 11) is 1.47. The molecule has 0 saturated heterocycles. The number of aromatic carboxylic acids is 1. The zero-order valence-corrected chi connectivity index (χ0v) is 10.8. The summed E-state index contributed by atoms with van der Waals surface area (Å²) in [5.74, 6) is -0.526. The van der Waals surface area contributed by atoms with Gasteiger partial charge in [-0.25, -0.2) is 9.78 Å². The summed E-state index contributed by atoms with van der Waals surface area (Å²) in [6, 6.07) is 0. The SMILES string of the molecule is CCc1nc2scc(C(=O)O)c2c(=O)n1COC. The van der Waals surface area contributed by atoms with Gasteiger partial charge in [0.2, 0.25) is 0 Å². The summed E-state index contributed by atoms with van der Waals surface area (Å²) < 4.78 is 6.32. The van der Waals surface area contributed by atoms with Crippen LogP contribution in [0.4, 0.5) is 0 Å². The number of rotatable bonds is 4. The Hall–Kier alpha value is -1.73. The number of aromatic nitrogens is 2. The van der Waals surface area contributed by atoms with Gasteiger partial charge in [0.25, 0.3) is 5.56 Å². The van der Waals surface area contributed by atoms with E-state index in [2.05, 4.69) is 4.98 Å². The van der Waals surface area contributed by atoms with Gasteiger partial charge in [-0.1, -0.05) is 6.92 Å². The highest BCUT2D eigenvalue weighted by Gasteiger charge is 2.18. The Bertz CT molecular complexity index is 659. The second kappa shape index (κ2) is 4.87. The Morgan fingerprint density at radius 2 is 2.33 bits per heavy atom. The van der Waals surface area contributed by atoms with Gasteiger partial charge in [-0.2, -0.15) is 0 Å². The minimum Gasteiger partial charge on any atom is -0.478 e. The maximum Gasteiger partial charge on any atom is 0.337 e. The third kappa shape index (κ3) is 1.91. The van der Waals surface area contributed by atoms with E-state index in [9.17, 15) is 9.59 Å². The molecular formula is C11H12N2O4S. The first-order chi connectivity index (χ1) is 8.60. The Labute approximate surface area is 106 Å². The van der Waals surface area contributed by atoms with Gasteiger partial charge in [0.1, 0.15) is 17.4 Å². The number of carbonyl (C=O) groups is 1. The molecule has 0 aromatic carbocycles. The molecule has 6 nitrogen and oxygen atoms in total. The number of hydrogen-bond donors (Lipinski definition) is 1. The lowest BCUT2D eigenvalue weighted by atomic mass is 10.2. The van der Waals surface area contributed by atoms with E-state index < -0.39 is 5.97 Å². The summed E-state index contributed by atoms with van der Waals surface area (Å²) in [5.41, 5.74) is -0.364. The van der Waals surface area contributed by atoms with Crippen LogP contribution < -0.4 is 5.56 Å². The molecule has 0 amide bonds. The molecule has 2 aromatic heterocycles. The van der Waals surface area contributed by atoms with E-state index in [0.717, 1.165) is 0 Å². The molecular weight excluding hydrogens is 256 g/mol. The number of carboxylic acids is 1. The fourth-order valence-electron chi connectivity index (χ4n) is 1.76. The van der Waals surface area contributed by atoms with E-state index in [4.69, 9.17) is 9.84 Å². The average molecular weight is 268 g/mol. The normalized spacial score (nSPS) is 11.0. The maximum atomic E-state index is 12.3. The van der Waals surface area contributed by atoms with Crippen LogP contribution in [0.2, 0.25) is 0 Å². The highest BCUT2D eigenvalue weighted by molar-refractivity contribution is 7.17. The van der Waals surface area contributed by atoms with Crippen molar-refractivity contribution in [1.29, 1.82) is 0 Å². The van der Waals surface area contributed by atoms with Crippen molar-refractivity contribution in [2.45, 2.75) is 20.1 Å². The van der Waals surface area contributed by atoms with Gasteiger partial charge in [0.05, 0.1) is 10.9 Å². The highest BCUT2D eigenvalue weighted by Crippen LogP contribution is 2.21. The molecule has 0 saturated carbocycles. The molecule has 96 valence electrons. The number of fused-ring (bicyclic) bond motifs is 1. The van der Waals surface area contributed by atoms with E-state index in [1.165, 1.54) is 28.4 Å². The number of hydrogen-bond acceptors (Lipinski definition) is 5. The van der Waals surface area contributed by atoms with Crippen LogP contribution in [-0.2, 0) is 17.9 Å². The largest absolute Gasteiger partial charge is 0.478 e. The molecule has 2 rings (SSSR count). The predicted molar refractivity (Wildman–Crippen MR) is 67.2 cm³/mol. The Kier molecular flexibility index (Phi) is 3.44. The summed E-state index contributed by atoms with van der Waals surface area (Å²) >= 11 is 1.17. The molecule has 0 aliphatic carbocycles. The standard InChI is InChI=1S/C11H12N2O4S/c1-3-7-12-9-8(6(4-18-9)11(15)16)10(14)13(7)5-17-2/h4H,3,5H2,1-2H3,(H,15,16). The van der Waals surface area contributed by atoms with Crippen molar-refractivity contribution in [3.63, 3.8) is 0 Å². The van der Waals surface area contributed by atoms with Crippen LogP contribution in [-0.4, -0.2) is 27.7 Å². The Morgan fingerprint density at radius 1 is 1.61 bits per heavy atom. The van der Waals surface area contributed by atoms with E-state index in [1.54, 1.807) is 0 Å². The molecule has 0 aliphatic heterocycles. The zero-order chi connectivity index (χ0) is 13.3. The Balaban J connectivity index is 2.82. The maximum absolute atomic E-state index is 12.3. The van der Waals surface area contributed by atoms with Crippen molar-refractivity contribution >= 4 is 27.5 Å². The molecule has 0 atom stereocenters. The van der Waals surface area contributed by atoms with Crippen molar-refractivity contribution in [2.24, 2.45) is 0 Å². The van der Waals surface area contributed by atoms with Gasteiger partial charge in [-0.05, 0) is 0 Å². The van der Waals surface area contributed by atoms with Crippen LogP contribution in [0.5, 0.6) is 0 Å². The average Bonchev–Trinajstić information content (AvgIpc) is 2.76. The van der Waals surface area contributed by atoms with Crippen LogP contribution in [0.1, 0.15) is 23.1 Å². The lowest BCUT2D eigenvalue weighted by Gasteiger charge is -2.09. The predicted octanol–water partition coefficient (Wildman–Crippen LogP) is 1.32. The summed E-state index contributed by atoms with van der Waals surface area (Å²) in [4.78, 5) is 28.1. The van der Waals surface area contributed by atoms with Gasteiger partial charge >= 0.3 is 5.97 Å². The first kappa shape index (κ1) is 12.7. The molecule has 2 heterocycles. The van der Waals surface area contributed by atoms with Crippen LogP contribution in [0, 0.1) is 0 Å². The third-order valence-electron chi connectivity index (χ3n) is 2.58. The summed E-state index contributed by atoms with van der Waals surface area (Å²) in [6.07, 6.45) is 0.578. The number of aryl methyl sites for hydroxylation is 1. The summed E-state index contributed by atoms with van der Waals surface area (Å²) in [5, 5.41) is 10.6. The van der Waals surface area contributed by atoms with Crippen LogP contribution in [0.15, 0.2) is 10.2 Å². The molecule has 0 bridgehead atoms. The van der Waals surface area contributed by atoms with Crippen molar-refractivity contribution < 1.29 is 14.6 Å². The molecule has 0 fully saturated rings. The van der Waals surface area contributed by atoms with Gasteiger partial charge in [-0.15, -0.1) is 11.3 Å². The fourth-order valence-corrected chi connectivity index (χ4v) is 2.68. The van der Waals surface area contributed by atoms with Crippen LogP contribution in [0.25, 0.3) is 10.2 Å². The second-order valence-electron chi connectivity index (χ2n) is 3.67. The molecule has 0 radical (unpaired) electrons. The smallest absolute Gasteiger partial charge is 0.337 e. The molecule has 0 spiro atoms. The lowest BCUT2D eigenvalue weighted by molar-refractivity contribution is 0.0699. The zero-order valence-electron chi connectivity index (χ0n) is 9.97. The third-order valence-corrected chi connectivity index (χ3v) is 3.45. The van der Waals surface area contributed by atoms with Gasteiger partial charge < -0.3 is 9.84 Å². The molecule has 18 heavy (non-hydrogen) atoms.